The van der Waals surface area contributed by atoms with Crippen LogP contribution < -0.4 is 10.2 Å². The number of hydrogen-bond donors (Lipinski definition) is 1. The molecule has 110 valence electrons. The van der Waals surface area contributed by atoms with Gasteiger partial charge in [-0.2, -0.15) is 20.2 Å². The molecule has 0 aliphatic carbocycles. The molecule has 0 aliphatic heterocycles. The van der Waals surface area contributed by atoms with Gasteiger partial charge in [-0.25, -0.2) is 4.98 Å². The predicted molar refractivity (Wildman–Crippen MR) is 79.2 cm³/mol. The highest BCUT2D eigenvalue weighted by Crippen LogP contribution is 2.16. The summed E-state index contributed by atoms with van der Waals surface area (Å²) in [6, 6.07) is 2.33. The second kappa shape index (κ2) is 6.65. The fourth-order valence-corrected chi connectivity index (χ4v) is 1.85. The third-order valence-corrected chi connectivity index (χ3v) is 2.92. The SMILES string of the molecule is CNc1nc(N(CCC#N)C(C)C)nc(-n2ccnc2)n1. The molecular weight excluding hydrogens is 268 g/mol. The molecule has 0 unspecified atom stereocenters. The summed E-state index contributed by atoms with van der Waals surface area (Å²) in [5, 5.41) is 11.7. The van der Waals surface area contributed by atoms with Crippen LogP contribution in [0.5, 0.6) is 0 Å². The normalized spacial score (nSPS) is 10.4. The Hall–Kier alpha value is -2.69. The molecule has 8 heteroatoms. The lowest BCUT2D eigenvalue weighted by molar-refractivity contribution is 0.660. The van der Waals surface area contributed by atoms with Crippen molar-refractivity contribution >= 4 is 11.9 Å². The van der Waals surface area contributed by atoms with Crippen LogP contribution in [0.4, 0.5) is 11.9 Å². The van der Waals surface area contributed by atoms with Gasteiger partial charge in [0.2, 0.25) is 17.8 Å². The van der Waals surface area contributed by atoms with Gasteiger partial charge in [0.15, 0.2) is 0 Å². The largest absolute Gasteiger partial charge is 0.357 e. The van der Waals surface area contributed by atoms with Crippen LogP contribution in [0.1, 0.15) is 20.3 Å². The molecular formula is C13H18N8. The fraction of sp³-hybridized carbons (Fsp3) is 0.462. The van der Waals surface area contributed by atoms with Crippen LogP contribution >= 0.6 is 0 Å². The third kappa shape index (κ3) is 3.45. The maximum absolute atomic E-state index is 8.79. The van der Waals surface area contributed by atoms with Crippen molar-refractivity contribution in [3.05, 3.63) is 18.7 Å². The first-order valence-electron chi connectivity index (χ1n) is 6.71. The van der Waals surface area contributed by atoms with Crippen molar-refractivity contribution in [1.29, 1.82) is 5.26 Å². The number of nitrogens with one attached hydrogen (secondary N) is 1. The van der Waals surface area contributed by atoms with Gasteiger partial charge in [-0.3, -0.25) is 4.57 Å². The number of nitriles is 1. The number of hydrogen-bond acceptors (Lipinski definition) is 7. The van der Waals surface area contributed by atoms with Gasteiger partial charge in [-0.1, -0.05) is 0 Å². The Morgan fingerprint density at radius 1 is 1.38 bits per heavy atom. The molecule has 0 amide bonds. The van der Waals surface area contributed by atoms with Gasteiger partial charge in [0, 0.05) is 32.0 Å². The lowest BCUT2D eigenvalue weighted by Crippen LogP contribution is -2.33. The Morgan fingerprint density at radius 2 is 2.19 bits per heavy atom. The summed E-state index contributed by atoms with van der Waals surface area (Å²) in [4.78, 5) is 19.2. The standard InChI is InChI=1S/C13H18N8/c1-10(2)21(7-4-5-14)13-18-11(15-3)17-12(19-13)20-8-6-16-9-20/h6,8-10H,4,7H2,1-3H3,(H,15,17,18,19). The van der Waals surface area contributed by atoms with E-state index in [0.29, 0.717) is 30.8 Å². The second-order valence-corrected chi connectivity index (χ2v) is 4.67. The zero-order valence-corrected chi connectivity index (χ0v) is 12.4. The quantitative estimate of drug-likeness (QED) is 0.853. The Morgan fingerprint density at radius 3 is 2.76 bits per heavy atom. The summed E-state index contributed by atoms with van der Waals surface area (Å²) in [6.45, 7) is 4.65. The lowest BCUT2D eigenvalue weighted by Gasteiger charge is -2.26. The molecule has 2 aromatic rings. The average Bonchev–Trinajstić information content (AvgIpc) is 3.01. The summed E-state index contributed by atoms with van der Waals surface area (Å²) >= 11 is 0. The van der Waals surface area contributed by atoms with Gasteiger partial charge in [-0.05, 0) is 13.8 Å². The summed E-state index contributed by atoms with van der Waals surface area (Å²) in [5.41, 5.74) is 0. The highest BCUT2D eigenvalue weighted by Gasteiger charge is 2.16. The van der Waals surface area contributed by atoms with Crippen LogP contribution in [0.15, 0.2) is 18.7 Å². The number of anilines is 2. The maximum Gasteiger partial charge on any atom is 0.241 e. The first kappa shape index (κ1) is 14.7. The lowest BCUT2D eigenvalue weighted by atomic mass is 10.3. The van der Waals surface area contributed by atoms with Gasteiger partial charge in [0.25, 0.3) is 0 Å². The monoisotopic (exact) mass is 286 g/mol. The van der Waals surface area contributed by atoms with Crippen LogP contribution in [0, 0.1) is 11.3 Å². The van der Waals surface area contributed by atoms with Crippen LogP contribution in [0.3, 0.4) is 0 Å². The first-order chi connectivity index (χ1) is 10.2. The number of nitrogens with zero attached hydrogens (tertiary/aromatic N) is 7. The fourth-order valence-electron chi connectivity index (χ4n) is 1.85. The van der Waals surface area contributed by atoms with Crippen molar-refractivity contribution in [1.82, 2.24) is 24.5 Å². The summed E-state index contributed by atoms with van der Waals surface area (Å²) in [5.74, 6) is 1.51. The van der Waals surface area contributed by atoms with E-state index in [1.54, 1.807) is 30.3 Å². The highest BCUT2D eigenvalue weighted by atomic mass is 15.3. The molecule has 1 N–H and O–H groups in total. The van der Waals surface area contributed by atoms with E-state index in [0.717, 1.165) is 0 Å². The predicted octanol–water partition coefficient (Wildman–Crippen LogP) is 1.23. The van der Waals surface area contributed by atoms with Crippen molar-refractivity contribution in [3.8, 4) is 12.0 Å². The molecule has 21 heavy (non-hydrogen) atoms. The van der Waals surface area contributed by atoms with Gasteiger partial charge in [-0.15, -0.1) is 0 Å². The van der Waals surface area contributed by atoms with E-state index in [1.807, 2.05) is 18.7 Å². The molecule has 0 fully saturated rings. The van der Waals surface area contributed by atoms with Crippen molar-refractivity contribution in [2.45, 2.75) is 26.3 Å². The van der Waals surface area contributed by atoms with Gasteiger partial charge in [0.1, 0.15) is 6.33 Å². The van der Waals surface area contributed by atoms with Gasteiger partial charge < -0.3 is 10.2 Å². The molecule has 2 rings (SSSR count). The Kier molecular flexibility index (Phi) is 4.66. The van der Waals surface area contributed by atoms with Crippen LogP contribution in [0.25, 0.3) is 5.95 Å². The zero-order valence-electron chi connectivity index (χ0n) is 12.4. The highest BCUT2D eigenvalue weighted by molar-refractivity contribution is 5.40. The van der Waals surface area contributed by atoms with Gasteiger partial charge in [0.05, 0.1) is 12.5 Å². The van der Waals surface area contributed by atoms with Crippen molar-refractivity contribution < 1.29 is 0 Å². The van der Waals surface area contributed by atoms with Gasteiger partial charge >= 0.3 is 0 Å². The molecule has 0 saturated heterocycles. The van der Waals surface area contributed by atoms with E-state index >= 15 is 0 Å². The van der Waals surface area contributed by atoms with Crippen molar-refractivity contribution in [3.63, 3.8) is 0 Å². The van der Waals surface area contributed by atoms with E-state index in [2.05, 4.69) is 31.3 Å². The van der Waals surface area contributed by atoms with Crippen LogP contribution in [-0.4, -0.2) is 44.1 Å². The van der Waals surface area contributed by atoms with E-state index in [1.165, 1.54) is 0 Å². The Labute approximate surface area is 123 Å². The molecule has 8 nitrogen and oxygen atoms in total. The summed E-state index contributed by atoms with van der Waals surface area (Å²) in [6.07, 6.45) is 5.48. The minimum atomic E-state index is 0.182. The number of rotatable bonds is 6. The molecule has 2 aromatic heterocycles. The Bertz CT molecular complexity index is 614. The molecule has 2 heterocycles. The Balaban J connectivity index is 2.42. The molecule has 0 spiro atoms. The topological polar surface area (TPSA) is 95.6 Å². The minimum absolute atomic E-state index is 0.182. The van der Waals surface area contributed by atoms with E-state index in [9.17, 15) is 0 Å². The molecule has 0 radical (unpaired) electrons. The molecule has 0 saturated carbocycles. The molecule has 0 aliphatic rings. The van der Waals surface area contributed by atoms with E-state index in [4.69, 9.17) is 5.26 Å². The summed E-state index contributed by atoms with van der Waals surface area (Å²) < 4.78 is 1.72. The average molecular weight is 286 g/mol. The third-order valence-electron chi connectivity index (χ3n) is 2.92. The number of aromatic nitrogens is 5. The summed E-state index contributed by atoms with van der Waals surface area (Å²) in [7, 11) is 1.76. The van der Waals surface area contributed by atoms with E-state index < -0.39 is 0 Å². The minimum Gasteiger partial charge on any atom is -0.357 e. The maximum atomic E-state index is 8.79. The smallest absolute Gasteiger partial charge is 0.241 e. The molecule has 0 aromatic carbocycles. The second-order valence-electron chi connectivity index (χ2n) is 4.67. The van der Waals surface area contributed by atoms with E-state index in [-0.39, 0.29) is 6.04 Å². The molecule has 0 bridgehead atoms. The molecule has 0 atom stereocenters. The van der Waals surface area contributed by atoms with Crippen LogP contribution in [0.2, 0.25) is 0 Å². The van der Waals surface area contributed by atoms with Crippen molar-refractivity contribution in [2.75, 3.05) is 23.8 Å². The zero-order chi connectivity index (χ0) is 15.2. The van der Waals surface area contributed by atoms with Crippen LogP contribution in [-0.2, 0) is 0 Å². The first-order valence-corrected chi connectivity index (χ1v) is 6.71. The number of imidazole rings is 1. The van der Waals surface area contributed by atoms with Crippen molar-refractivity contribution in [2.24, 2.45) is 0 Å².